The molecule has 4 heterocycles. The molecule has 1 aromatic carbocycles. The normalized spacial score (nSPS) is 33.4. The highest BCUT2D eigenvalue weighted by molar-refractivity contribution is 6.35. The van der Waals surface area contributed by atoms with Crippen LogP contribution in [0.15, 0.2) is 33.8 Å². The molecule has 204 valence electrons. The van der Waals surface area contributed by atoms with Crippen molar-refractivity contribution in [3.8, 4) is 0 Å². The average Bonchev–Trinajstić information content (AvgIpc) is 3.72. The molecule has 0 spiro atoms. The average molecular weight is 543 g/mol. The van der Waals surface area contributed by atoms with E-state index in [4.69, 9.17) is 31.1 Å². The number of morpholine rings is 1. The van der Waals surface area contributed by atoms with E-state index in [0.29, 0.717) is 43.1 Å². The summed E-state index contributed by atoms with van der Waals surface area (Å²) < 4.78 is 11.4. The molecule has 0 aromatic heterocycles. The number of likely N-dealkylation sites (N-methyl/N-ethyl adjacent to an activating group) is 1. The summed E-state index contributed by atoms with van der Waals surface area (Å²) in [7, 11) is 1.77. The minimum Gasteiger partial charge on any atom is -0.460 e. The van der Waals surface area contributed by atoms with E-state index in [-0.39, 0.29) is 29.9 Å². The number of rotatable bonds is 2. The molecule has 1 aliphatic carbocycles. The molecule has 3 unspecified atom stereocenters. The minimum absolute atomic E-state index is 0.0272. The maximum Gasteiger partial charge on any atom is 0.340 e. The number of halogens is 1. The first-order chi connectivity index (χ1) is 18.2. The maximum absolute atomic E-state index is 12.9. The number of aliphatic hydroxyl groups is 1. The zero-order chi connectivity index (χ0) is 26.7. The summed E-state index contributed by atoms with van der Waals surface area (Å²) in [6.45, 7) is 7.82. The number of guanidine groups is 1. The van der Waals surface area contributed by atoms with Gasteiger partial charge in [0.15, 0.2) is 6.23 Å². The second kappa shape index (κ2) is 9.73. The van der Waals surface area contributed by atoms with E-state index in [1.807, 2.05) is 25.1 Å². The number of nitrogens with zero attached hydrogens (tertiary/aromatic N) is 4. The van der Waals surface area contributed by atoms with E-state index in [2.05, 4.69) is 29.4 Å². The van der Waals surface area contributed by atoms with Crippen LogP contribution in [0.25, 0.3) is 5.70 Å². The van der Waals surface area contributed by atoms with Gasteiger partial charge in [-0.2, -0.15) is 4.99 Å². The maximum atomic E-state index is 12.9. The lowest BCUT2D eigenvalue weighted by Crippen LogP contribution is -2.50. The van der Waals surface area contributed by atoms with Gasteiger partial charge in [0.05, 0.1) is 30.0 Å². The zero-order valence-electron chi connectivity index (χ0n) is 22.1. The number of amidine groups is 1. The van der Waals surface area contributed by atoms with E-state index in [1.54, 1.807) is 11.9 Å². The highest BCUT2D eigenvalue weighted by Crippen LogP contribution is 2.41. The van der Waals surface area contributed by atoms with Crippen LogP contribution in [0.5, 0.6) is 0 Å². The number of carbonyl (C=O) groups excluding carboxylic acids is 1. The lowest BCUT2D eigenvalue weighted by Gasteiger charge is -2.37. The van der Waals surface area contributed by atoms with Crippen LogP contribution in [0, 0.1) is 5.92 Å². The van der Waals surface area contributed by atoms with Gasteiger partial charge in [-0.05, 0) is 57.7 Å². The number of cyclic esters (lactones) is 1. The minimum atomic E-state index is -1.10. The number of esters is 1. The van der Waals surface area contributed by atoms with Gasteiger partial charge in [0.2, 0.25) is 5.96 Å². The third-order valence-corrected chi connectivity index (χ3v) is 8.45. The number of nitrogens with one attached hydrogen (secondary N) is 2. The number of aliphatic hydroxyl groups excluding tert-OH is 1. The van der Waals surface area contributed by atoms with E-state index in [1.165, 1.54) is 0 Å². The fourth-order valence-corrected chi connectivity index (χ4v) is 5.88. The molecule has 0 bridgehead atoms. The summed E-state index contributed by atoms with van der Waals surface area (Å²) in [5, 5.41) is 17.5. The number of ether oxygens (including phenoxy) is 2. The molecule has 1 saturated carbocycles. The summed E-state index contributed by atoms with van der Waals surface area (Å²) in [4.78, 5) is 26.4. The first kappa shape index (κ1) is 25.5. The lowest BCUT2D eigenvalue weighted by atomic mass is 9.96. The van der Waals surface area contributed by atoms with Gasteiger partial charge in [0, 0.05) is 37.1 Å². The Morgan fingerprint density at radius 2 is 1.92 bits per heavy atom. The van der Waals surface area contributed by atoms with Crippen molar-refractivity contribution in [1.82, 2.24) is 10.2 Å². The number of aliphatic imine (C=N–C) groups is 2. The van der Waals surface area contributed by atoms with Gasteiger partial charge in [0.25, 0.3) is 0 Å². The summed E-state index contributed by atoms with van der Waals surface area (Å²) in [6, 6.07) is 5.71. The molecule has 38 heavy (non-hydrogen) atoms. The van der Waals surface area contributed by atoms with Crippen LogP contribution >= 0.6 is 11.6 Å². The Labute approximate surface area is 227 Å². The van der Waals surface area contributed by atoms with Crippen molar-refractivity contribution >= 4 is 46.4 Å². The number of benzene rings is 1. The van der Waals surface area contributed by atoms with Crippen LogP contribution < -0.4 is 15.5 Å². The molecule has 10 nitrogen and oxygen atoms in total. The molecule has 3 N–H and O–H groups in total. The highest BCUT2D eigenvalue weighted by Gasteiger charge is 2.41. The first-order valence-corrected chi connectivity index (χ1v) is 13.8. The number of hydrogen-bond donors (Lipinski definition) is 3. The molecule has 4 aliphatic heterocycles. The molecule has 2 fully saturated rings. The summed E-state index contributed by atoms with van der Waals surface area (Å²) in [5.74, 6) is 1.26. The largest absolute Gasteiger partial charge is 0.460 e. The van der Waals surface area contributed by atoms with E-state index < -0.39 is 17.6 Å². The van der Waals surface area contributed by atoms with Gasteiger partial charge in [-0.25, -0.2) is 9.79 Å². The van der Waals surface area contributed by atoms with E-state index in [9.17, 15) is 9.90 Å². The predicted molar refractivity (Wildman–Crippen MR) is 148 cm³/mol. The molecule has 1 aromatic rings. The van der Waals surface area contributed by atoms with Crippen molar-refractivity contribution in [3.63, 3.8) is 0 Å². The molecule has 1 saturated heterocycles. The Hall–Kier alpha value is -2.82. The van der Waals surface area contributed by atoms with Crippen LogP contribution in [-0.4, -0.2) is 90.4 Å². The van der Waals surface area contributed by atoms with Crippen molar-refractivity contribution in [2.24, 2.45) is 15.9 Å². The van der Waals surface area contributed by atoms with Crippen LogP contribution in [0.1, 0.15) is 39.2 Å². The standard InChI is InChI=1S/C27H35ClN6O4/c1-13-10-34(11-14(2)38-13)27-29-15(3)22(28)24(32-27)30-17-7-8-20-18(9-17)23-21(25(35)33(20)4)26(36)37-12-19(31-23)16-5-6-16/h7-9,13-16,19,22,25,31,35H,5-6,10-12H2,1-4H3,(H,29,30,32)/t13-,14+,15?,19-,22?,25?/m1/s1. The Balaban J connectivity index is 1.33. The molecular weight excluding hydrogens is 508 g/mol. The Kier molecular flexibility index (Phi) is 6.52. The molecule has 11 heteroatoms. The number of fused-ring (bicyclic) bond motifs is 2. The van der Waals surface area contributed by atoms with Gasteiger partial charge in [-0.3, -0.25) is 0 Å². The topological polar surface area (TPSA) is 111 Å². The lowest BCUT2D eigenvalue weighted by molar-refractivity contribution is -0.140. The smallest absolute Gasteiger partial charge is 0.340 e. The van der Waals surface area contributed by atoms with Crippen molar-refractivity contribution in [3.05, 3.63) is 29.3 Å². The first-order valence-electron chi connectivity index (χ1n) is 13.4. The molecule has 6 atom stereocenters. The van der Waals surface area contributed by atoms with Gasteiger partial charge in [-0.15, -0.1) is 11.6 Å². The zero-order valence-corrected chi connectivity index (χ0v) is 22.9. The Morgan fingerprint density at radius 3 is 2.63 bits per heavy atom. The van der Waals surface area contributed by atoms with E-state index in [0.717, 1.165) is 29.8 Å². The van der Waals surface area contributed by atoms with Gasteiger partial charge < -0.3 is 35.0 Å². The van der Waals surface area contributed by atoms with Gasteiger partial charge in [0.1, 0.15) is 23.4 Å². The fourth-order valence-electron chi connectivity index (χ4n) is 5.72. The van der Waals surface area contributed by atoms with Crippen molar-refractivity contribution < 1.29 is 19.4 Å². The molecule has 6 rings (SSSR count). The molecular formula is C27H35ClN6O4. The van der Waals surface area contributed by atoms with Crippen LogP contribution in [0.3, 0.4) is 0 Å². The van der Waals surface area contributed by atoms with Crippen LogP contribution in [-0.2, 0) is 14.3 Å². The summed E-state index contributed by atoms with van der Waals surface area (Å²) in [6.07, 6.45) is 1.29. The predicted octanol–water partition coefficient (Wildman–Crippen LogP) is 2.38. The monoisotopic (exact) mass is 542 g/mol. The Morgan fingerprint density at radius 1 is 1.18 bits per heavy atom. The van der Waals surface area contributed by atoms with Crippen molar-refractivity contribution in [1.29, 1.82) is 0 Å². The van der Waals surface area contributed by atoms with Gasteiger partial charge >= 0.3 is 5.97 Å². The summed E-state index contributed by atoms with van der Waals surface area (Å²) >= 11 is 6.77. The number of alkyl halides is 1. The second-order valence-corrected chi connectivity index (χ2v) is 11.5. The fraction of sp³-hybridized carbons (Fsp3) is 0.593. The van der Waals surface area contributed by atoms with Crippen LogP contribution in [0.2, 0.25) is 0 Å². The summed E-state index contributed by atoms with van der Waals surface area (Å²) in [5.41, 5.74) is 3.29. The molecule has 0 amide bonds. The van der Waals surface area contributed by atoms with Crippen molar-refractivity contribution in [2.75, 3.05) is 37.0 Å². The number of anilines is 2. The SMILES string of the molecule is CC1N=C(N2C[C@@H](C)O[C@@H](C)C2)N=C(Nc2ccc3c(c2)C2=C(C(=O)OC[C@H](C4CC4)N2)C(O)N3C)C1Cl. The third kappa shape index (κ3) is 4.63. The third-order valence-electron chi connectivity index (χ3n) is 7.87. The van der Waals surface area contributed by atoms with E-state index >= 15 is 0 Å². The Bertz CT molecular complexity index is 1220. The quantitative estimate of drug-likeness (QED) is 0.386. The number of hydrogen-bond acceptors (Lipinski definition) is 10. The van der Waals surface area contributed by atoms with Gasteiger partial charge in [-0.1, -0.05) is 0 Å². The molecule has 5 aliphatic rings. The highest BCUT2D eigenvalue weighted by atomic mass is 35.5. The molecule has 0 radical (unpaired) electrons. The van der Waals surface area contributed by atoms with Crippen molar-refractivity contribution in [2.45, 2.75) is 69.5 Å². The second-order valence-electron chi connectivity index (χ2n) is 11.0. The number of carbonyl (C=O) groups is 1. The van der Waals surface area contributed by atoms with Crippen LogP contribution in [0.4, 0.5) is 11.4 Å².